The summed E-state index contributed by atoms with van der Waals surface area (Å²) in [4.78, 5) is 6.20. The van der Waals surface area contributed by atoms with Crippen LogP contribution in [0.25, 0.3) is 0 Å². The van der Waals surface area contributed by atoms with Crippen LogP contribution in [0.2, 0.25) is 5.02 Å². The summed E-state index contributed by atoms with van der Waals surface area (Å²) in [5.41, 5.74) is 0.587. The van der Waals surface area contributed by atoms with Gasteiger partial charge in [0.05, 0.1) is 19.3 Å². The third kappa shape index (κ3) is 3.82. The first kappa shape index (κ1) is 15.4. The van der Waals surface area contributed by atoms with Crippen LogP contribution in [0.3, 0.4) is 0 Å². The largest absolute Gasteiger partial charge is 0.374 e. The Balaban J connectivity index is 1.54. The van der Waals surface area contributed by atoms with Crippen molar-refractivity contribution in [3.63, 3.8) is 0 Å². The lowest BCUT2D eigenvalue weighted by Gasteiger charge is -2.32. The fourth-order valence-corrected chi connectivity index (χ4v) is 2.93. The zero-order valence-electron chi connectivity index (χ0n) is 12.2. The Kier molecular flexibility index (Phi) is 5.02. The summed E-state index contributed by atoms with van der Waals surface area (Å²) in [6.45, 7) is 3.76. The van der Waals surface area contributed by atoms with Crippen molar-refractivity contribution in [3.8, 4) is 0 Å². The second-order valence-electron chi connectivity index (χ2n) is 5.36. The van der Waals surface area contributed by atoms with Crippen molar-refractivity contribution in [1.29, 1.82) is 0 Å². The number of hydrogen-bond acceptors (Lipinski definition) is 4. The van der Waals surface area contributed by atoms with Gasteiger partial charge in [0.1, 0.15) is 18.5 Å². The topological polar surface area (TPSA) is 43.2 Å². The molecule has 5 nitrogen and oxygen atoms in total. The van der Waals surface area contributed by atoms with Crippen LogP contribution in [-0.2, 0) is 17.7 Å². The molecule has 2 heterocycles. The lowest BCUT2D eigenvalue weighted by Crippen LogP contribution is -2.45. The molecular weight excluding hydrogens is 307 g/mol. The number of hydrogen-bond donors (Lipinski definition) is 0. The fraction of sp³-hybridized carbons (Fsp3) is 0.467. The highest BCUT2D eigenvalue weighted by atomic mass is 35.5. The normalized spacial score (nSPS) is 19.5. The Morgan fingerprint density at radius 3 is 3.09 bits per heavy atom. The SMILES string of the molecule is Fc1cccc(Cl)c1CCN1CCO[C@@H](Cn2cncn2)C1. The van der Waals surface area contributed by atoms with Crippen LogP contribution in [-0.4, -0.2) is 52.0 Å². The number of halogens is 2. The highest BCUT2D eigenvalue weighted by Gasteiger charge is 2.21. The Hall–Kier alpha value is -1.50. The van der Waals surface area contributed by atoms with Crippen molar-refractivity contribution in [3.05, 3.63) is 47.3 Å². The van der Waals surface area contributed by atoms with Crippen LogP contribution in [0.15, 0.2) is 30.9 Å². The van der Waals surface area contributed by atoms with Gasteiger partial charge in [0.15, 0.2) is 0 Å². The maximum absolute atomic E-state index is 13.8. The number of benzene rings is 1. The molecule has 2 aromatic rings. The molecule has 0 spiro atoms. The van der Waals surface area contributed by atoms with E-state index in [0.29, 0.717) is 30.2 Å². The van der Waals surface area contributed by atoms with Crippen molar-refractivity contribution in [2.45, 2.75) is 19.1 Å². The van der Waals surface area contributed by atoms with Crippen LogP contribution < -0.4 is 0 Å². The molecule has 7 heteroatoms. The van der Waals surface area contributed by atoms with Crippen LogP contribution >= 0.6 is 11.6 Å². The molecule has 0 saturated carbocycles. The van der Waals surface area contributed by atoms with Gasteiger partial charge in [0, 0.05) is 30.2 Å². The lowest BCUT2D eigenvalue weighted by atomic mass is 10.1. The van der Waals surface area contributed by atoms with Crippen molar-refractivity contribution in [2.75, 3.05) is 26.2 Å². The highest BCUT2D eigenvalue weighted by molar-refractivity contribution is 6.31. The molecule has 118 valence electrons. The average molecular weight is 325 g/mol. The van der Waals surface area contributed by atoms with Crippen LogP contribution in [0, 0.1) is 5.82 Å². The van der Waals surface area contributed by atoms with Crippen molar-refractivity contribution in [1.82, 2.24) is 19.7 Å². The van der Waals surface area contributed by atoms with E-state index >= 15 is 0 Å². The summed E-state index contributed by atoms with van der Waals surface area (Å²) in [5, 5.41) is 4.59. The molecule has 0 radical (unpaired) electrons. The van der Waals surface area contributed by atoms with Gasteiger partial charge in [-0.25, -0.2) is 9.37 Å². The Labute approximate surface area is 133 Å². The van der Waals surface area contributed by atoms with Gasteiger partial charge in [0.25, 0.3) is 0 Å². The van der Waals surface area contributed by atoms with Gasteiger partial charge in [0.2, 0.25) is 0 Å². The molecule has 0 aliphatic carbocycles. The van der Waals surface area contributed by atoms with Crippen LogP contribution in [0.4, 0.5) is 4.39 Å². The predicted molar refractivity (Wildman–Crippen MR) is 81.3 cm³/mol. The van der Waals surface area contributed by atoms with E-state index in [1.807, 2.05) is 0 Å². The summed E-state index contributed by atoms with van der Waals surface area (Å²) >= 11 is 6.07. The quantitative estimate of drug-likeness (QED) is 0.844. The summed E-state index contributed by atoms with van der Waals surface area (Å²) in [6.07, 6.45) is 3.87. The lowest BCUT2D eigenvalue weighted by molar-refractivity contribution is -0.0371. The first-order chi connectivity index (χ1) is 10.7. The van der Waals surface area contributed by atoms with Crippen molar-refractivity contribution in [2.24, 2.45) is 0 Å². The van der Waals surface area contributed by atoms with E-state index in [1.54, 1.807) is 23.1 Å². The molecule has 1 fully saturated rings. The molecular formula is C15H18ClFN4O. The van der Waals surface area contributed by atoms with Gasteiger partial charge >= 0.3 is 0 Å². The van der Waals surface area contributed by atoms with Gasteiger partial charge in [-0.05, 0) is 18.6 Å². The summed E-state index contributed by atoms with van der Waals surface area (Å²) in [6, 6.07) is 4.81. The molecule has 0 amide bonds. The Morgan fingerprint density at radius 1 is 1.41 bits per heavy atom. The van der Waals surface area contributed by atoms with Gasteiger partial charge in [-0.2, -0.15) is 5.10 Å². The fourth-order valence-electron chi connectivity index (χ4n) is 2.67. The van der Waals surface area contributed by atoms with E-state index < -0.39 is 0 Å². The van der Waals surface area contributed by atoms with Crippen molar-refractivity contribution >= 4 is 11.6 Å². The zero-order chi connectivity index (χ0) is 15.4. The third-order valence-corrected chi connectivity index (χ3v) is 4.17. The van der Waals surface area contributed by atoms with Gasteiger partial charge in [-0.3, -0.25) is 9.58 Å². The van der Waals surface area contributed by atoms with Gasteiger partial charge in [-0.15, -0.1) is 0 Å². The van der Waals surface area contributed by atoms with Gasteiger partial charge in [-0.1, -0.05) is 17.7 Å². The number of rotatable bonds is 5. The molecule has 22 heavy (non-hydrogen) atoms. The van der Waals surface area contributed by atoms with Crippen LogP contribution in [0.5, 0.6) is 0 Å². The second kappa shape index (κ2) is 7.17. The number of morpholine rings is 1. The summed E-state index contributed by atoms with van der Waals surface area (Å²) < 4.78 is 21.3. The first-order valence-electron chi connectivity index (χ1n) is 7.31. The maximum Gasteiger partial charge on any atom is 0.137 e. The highest BCUT2D eigenvalue weighted by Crippen LogP contribution is 2.20. The second-order valence-corrected chi connectivity index (χ2v) is 5.77. The van der Waals surface area contributed by atoms with Crippen molar-refractivity contribution < 1.29 is 9.13 Å². The Bertz CT molecular complexity index is 587. The monoisotopic (exact) mass is 324 g/mol. The molecule has 3 rings (SSSR count). The van der Waals surface area contributed by atoms with E-state index in [0.717, 1.165) is 19.6 Å². The molecule has 0 N–H and O–H groups in total. The number of aromatic nitrogens is 3. The molecule has 1 aliphatic rings. The minimum Gasteiger partial charge on any atom is -0.374 e. The molecule has 0 unspecified atom stereocenters. The standard InChI is InChI=1S/C15H18ClFN4O/c16-14-2-1-3-15(17)13(14)4-5-20-6-7-22-12(8-20)9-21-11-18-10-19-21/h1-3,10-12H,4-9H2/t12-/m1/s1. The van der Waals surface area contributed by atoms with Gasteiger partial charge < -0.3 is 4.74 Å². The minimum atomic E-state index is -0.236. The summed E-state index contributed by atoms with van der Waals surface area (Å²) in [7, 11) is 0. The molecule has 1 atom stereocenters. The predicted octanol–water partition coefficient (Wildman–Crippen LogP) is 2.01. The molecule has 0 bridgehead atoms. The van der Waals surface area contributed by atoms with E-state index in [1.165, 1.54) is 12.4 Å². The third-order valence-electron chi connectivity index (χ3n) is 3.82. The molecule has 1 aromatic carbocycles. The van der Waals surface area contributed by atoms with E-state index in [2.05, 4.69) is 15.0 Å². The maximum atomic E-state index is 13.8. The molecule has 1 aliphatic heterocycles. The van der Waals surface area contributed by atoms with E-state index in [-0.39, 0.29) is 11.9 Å². The molecule has 1 saturated heterocycles. The number of ether oxygens (including phenoxy) is 1. The summed E-state index contributed by atoms with van der Waals surface area (Å²) in [5.74, 6) is -0.236. The zero-order valence-corrected chi connectivity index (χ0v) is 12.9. The number of nitrogens with zero attached hydrogens (tertiary/aromatic N) is 4. The van der Waals surface area contributed by atoms with E-state index in [9.17, 15) is 4.39 Å². The first-order valence-corrected chi connectivity index (χ1v) is 7.69. The van der Waals surface area contributed by atoms with E-state index in [4.69, 9.17) is 16.3 Å². The minimum absolute atomic E-state index is 0.0755. The average Bonchev–Trinajstić information content (AvgIpc) is 3.00. The Morgan fingerprint density at radius 2 is 2.32 bits per heavy atom. The van der Waals surface area contributed by atoms with Crippen LogP contribution in [0.1, 0.15) is 5.56 Å². The molecule has 1 aromatic heterocycles. The smallest absolute Gasteiger partial charge is 0.137 e.